The number of nitrogens with zero attached hydrogens (tertiary/aromatic N) is 3. The summed E-state index contributed by atoms with van der Waals surface area (Å²) in [4.78, 5) is 4.26. The molecule has 0 amide bonds. The van der Waals surface area contributed by atoms with E-state index in [-0.39, 0.29) is 5.95 Å². The van der Waals surface area contributed by atoms with Crippen LogP contribution < -0.4 is 11.1 Å². The van der Waals surface area contributed by atoms with Crippen molar-refractivity contribution in [1.82, 2.24) is 15.2 Å². The predicted molar refractivity (Wildman–Crippen MR) is 87.1 cm³/mol. The smallest absolute Gasteiger partial charge is 0.242 e. The standard InChI is InChI=1S/C15H12BrN5/c16-11-8-4-5-9-12(11)18-14-13(20-21-15(17)19-14)10-6-2-1-3-7-10/h1-9H,(H3,17,18,19,21). The van der Waals surface area contributed by atoms with Crippen LogP contribution >= 0.6 is 15.9 Å². The zero-order valence-corrected chi connectivity index (χ0v) is 12.6. The van der Waals surface area contributed by atoms with Gasteiger partial charge in [0.05, 0.1) is 5.69 Å². The third kappa shape index (κ3) is 3.00. The molecule has 0 atom stereocenters. The minimum atomic E-state index is 0.129. The van der Waals surface area contributed by atoms with Crippen LogP contribution in [0.4, 0.5) is 17.5 Å². The van der Waals surface area contributed by atoms with Crippen molar-refractivity contribution in [1.29, 1.82) is 0 Å². The Morgan fingerprint density at radius 1 is 0.905 bits per heavy atom. The molecule has 0 aliphatic carbocycles. The van der Waals surface area contributed by atoms with Crippen LogP contribution in [-0.4, -0.2) is 15.2 Å². The second-order valence-electron chi connectivity index (χ2n) is 4.34. The summed E-state index contributed by atoms with van der Waals surface area (Å²) in [6.07, 6.45) is 0. The van der Waals surface area contributed by atoms with E-state index in [1.165, 1.54) is 0 Å². The summed E-state index contributed by atoms with van der Waals surface area (Å²) in [6, 6.07) is 17.5. The van der Waals surface area contributed by atoms with Gasteiger partial charge >= 0.3 is 0 Å². The summed E-state index contributed by atoms with van der Waals surface area (Å²) in [6.45, 7) is 0. The molecule has 0 bridgehead atoms. The number of nitrogen functional groups attached to an aromatic ring is 1. The van der Waals surface area contributed by atoms with Crippen molar-refractivity contribution in [3.8, 4) is 11.3 Å². The number of halogens is 1. The third-order valence-electron chi connectivity index (χ3n) is 2.88. The third-order valence-corrected chi connectivity index (χ3v) is 3.57. The maximum atomic E-state index is 5.66. The average molecular weight is 342 g/mol. The van der Waals surface area contributed by atoms with Crippen molar-refractivity contribution in [3.63, 3.8) is 0 Å². The summed E-state index contributed by atoms with van der Waals surface area (Å²) in [5, 5.41) is 11.2. The second-order valence-corrected chi connectivity index (χ2v) is 5.19. The number of aromatic nitrogens is 3. The fourth-order valence-electron chi connectivity index (χ4n) is 1.91. The number of rotatable bonds is 3. The van der Waals surface area contributed by atoms with Crippen molar-refractivity contribution in [2.24, 2.45) is 0 Å². The lowest BCUT2D eigenvalue weighted by Gasteiger charge is -2.11. The van der Waals surface area contributed by atoms with Crippen molar-refractivity contribution in [2.45, 2.75) is 0 Å². The predicted octanol–water partition coefficient (Wildman–Crippen LogP) is 3.63. The van der Waals surface area contributed by atoms with Gasteiger partial charge in [-0.1, -0.05) is 42.5 Å². The number of benzene rings is 2. The lowest BCUT2D eigenvalue weighted by Crippen LogP contribution is -2.05. The molecule has 1 heterocycles. The van der Waals surface area contributed by atoms with E-state index in [1.54, 1.807) is 0 Å². The van der Waals surface area contributed by atoms with Gasteiger partial charge in [0.15, 0.2) is 5.82 Å². The molecule has 0 aliphatic heterocycles. The second kappa shape index (κ2) is 5.88. The minimum Gasteiger partial charge on any atom is -0.366 e. The fourth-order valence-corrected chi connectivity index (χ4v) is 2.29. The van der Waals surface area contributed by atoms with Crippen molar-refractivity contribution in [2.75, 3.05) is 11.1 Å². The Labute approximate surface area is 130 Å². The molecule has 21 heavy (non-hydrogen) atoms. The van der Waals surface area contributed by atoms with Crippen LogP contribution in [0.25, 0.3) is 11.3 Å². The highest BCUT2D eigenvalue weighted by molar-refractivity contribution is 9.10. The molecule has 6 heteroatoms. The van der Waals surface area contributed by atoms with Crippen LogP contribution in [0.1, 0.15) is 0 Å². The Morgan fingerprint density at radius 3 is 2.38 bits per heavy atom. The number of anilines is 3. The molecule has 5 nitrogen and oxygen atoms in total. The van der Waals surface area contributed by atoms with E-state index in [2.05, 4.69) is 36.4 Å². The van der Waals surface area contributed by atoms with Gasteiger partial charge in [-0.2, -0.15) is 4.98 Å². The Morgan fingerprint density at radius 2 is 1.62 bits per heavy atom. The van der Waals surface area contributed by atoms with E-state index in [0.717, 1.165) is 15.7 Å². The first-order valence-electron chi connectivity index (χ1n) is 6.31. The first kappa shape index (κ1) is 13.5. The zero-order valence-electron chi connectivity index (χ0n) is 11.0. The highest BCUT2D eigenvalue weighted by Gasteiger charge is 2.11. The number of nitrogens with two attached hydrogens (primary N) is 1. The molecular weight excluding hydrogens is 330 g/mol. The molecule has 0 unspecified atom stereocenters. The van der Waals surface area contributed by atoms with E-state index in [1.807, 2.05) is 54.6 Å². The van der Waals surface area contributed by atoms with Crippen LogP contribution in [0.5, 0.6) is 0 Å². The summed E-state index contributed by atoms with van der Waals surface area (Å²) in [5.41, 5.74) is 8.12. The molecule has 0 radical (unpaired) electrons. The molecule has 0 aliphatic rings. The van der Waals surface area contributed by atoms with Crippen LogP contribution in [0.3, 0.4) is 0 Å². The highest BCUT2D eigenvalue weighted by atomic mass is 79.9. The Hall–Kier alpha value is -2.47. The average Bonchev–Trinajstić information content (AvgIpc) is 2.51. The normalized spacial score (nSPS) is 10.3. The summed E-state index contributed by atoms with van der Waals surface area (Å²) in [5.74, 6) is 0.699. The van der Waals surface area contributed by atoms with Crippen molar-refractivity contribution < 1.29 is 0 Å². The molecule has 0 fully saturated rings. The van der Waals surface area contributed by atoms with E-state index < -0.39 is 0 Å². The fraction of sp³-hybridized carbons (Fsp3) is 0. The molecular formula is C15H12BrN5. The zero-order chi connectivity index (χ0) is 14.7. The molecule has 0 saturated carbocycles. The molecule has 3 aromatic rings. The SMILES string of the molecule is Nc1nnc(-c2ccccc2)c(Nc2ccccc2Br)n1. The van der Waals surface area contributed by atoms with E-state index >= 15 is 0 Å². The quantitative estimate of drug-likeness (QED) is 0.760. The van der Waals surface area contributed by atoms with Gasteiger partial charge in [-0.15, -0.1) is 10.2 Å². The van der Waals surface area contributed by atoms with Gasteiger partial charge in [-0.3, -0.25) is 0 Å². The van der Waals surface area contributed by atoms with Gasteiger partial charge in [0.1, 0.15) is 5.69 Å². The van der Waals surface area contributed by atoms with Crippen LogP contribution in [0.2, 0.25) is 0 Å². The maximum absolute atomic E-state index is 5.66. The maximum Gasteiger partial charge on any atom is 0.242 e. The number of hydrogen-bond acceptors (Lipinski definition) is 5. The van der Waals surface area contributed by atoms with Crippen LogP contribution in [0.15, 0.2) is 59.1 Å². The lowest BCUT2D eigenvalue weighted by molar-refractivity contribution is 0.996. The summed E-state index contributed by atoms with van der Waals surface area (Å²) < 4.78 is 0.932. The van der Waals surface area contributed by atoms with E-state index in [4.69, 9.17) is 5.73 Å². The number of nitrogens with one attached hydrogen (secondary N) is 1. The first-order chi connectivity index (χ1) is 10.2. The molecule has 104 valence electrons. The largest absolute Gasteiger partial charge is 0.366 e. The minimum absolute atomic E-state index is 0.129. The van der Waals surface area contributed by atoms with E-state index in [9.17, 15) is 0 Å². The van der Waals surface area contributed by atoms with Gasteiger partial charge in [0, 0.05) is 10.0 Å². The molecule has 3 rings (SSSR count). The highest BCUT2D eigenvalue weighted by Crippen LogP contribution is 2.29. The van der Waals surface area contributed by atoms with Crippen LogP contribution in [-0.2, 0) is 0 Å². The van der Waals surface area contributed by atoms with Gasteiger partial charge in [0.25, 0.3) is 0 Å². The molecule has 0 spiro atoms. The molecule has 1 aromatic heterocycles. The van der Waals surface area contributed by atoms with Gasteiger partial charge < -0.3 is 11.1 Å². The van der Waals surface area contributed by atoms with Crippen molar-refractivity contribution in [3.05, 3.63) is 59.1 Å². The molecule has 3 N–H and O–H groups in total. The summed E-state index contributed by atoms with van der Waals surface area (Å²) >= 11 is 3.50. The van der Waals surface area contributed by atoms with Gasteiger partial charge in [-0.05, 0) is 28.1 Å². The molecule has 0 saturated heterocycles. The van der Waals surface area contributed by atoms with Gasteiger partial charge in [-0.25, -0.2) is 0 Å². The Kier molecular flexibility index (Phi) is 3.79. The first-order valence-corrected chi connectivity index (χ1v) is 7.10. The molecule has 2 aromatic carbocycles. The Balaban J connectivity index is 2.06. The van der Waals surface area contributed by atoms with Crippen molar-refractivity contribution >= 4 is 33.4 Å². The van der Waals surface area contributed by atoms with Crippen LogP contribution in [0, 0.1) is 0 Å². The summed E-state index contributed by atoms with van der Waals surface area (Å²) in [7, 11) is 0. The topological polar surface area (TPSA) is 76.7 Å². The van der Waals surface area contributed by atoms with E-state index in [0.29, 0.717) is 11.5 Å². The number of hydrogen-bond donors (Lipinski definition) is 2. The Bertz CT molecular complexity index is 761. The lowest BCUT2D eigenvalue weighted by atomic mass is 10.1. The number of para-hydroxylation sites is 1. The van der Waals surface area contributed by atoms with Gasteiger partial charge in [0.2, 0.25) is 5.95 Å². The monoisotopic (exact) mass is 341 g/mol.